The highest BCUT2D eigenvalue weighted by Crippen LogP contribution is 2.39. The lowest BCUT2D eigenvalue weighted by Crippen LogP contribution is -2.44. The summed E-state index contributed by atoms with van der Waals surface area (Å²) in [4.78, 5) is 11.6. The van der Waals surface area contributed by atoms with Crippen molar-refractivity contribution in [3.05, 3.63) is 30.5 Å². The molecule has 1 N–H and O–H groups in total. The van der Waals surface area contributed by atoms with Gasteiger partial charge in [0.05, 0.1) is 23.3 Å². The van der Waals surface area contributed by atoms with Crippen molar-refractivity contribution in [3.63, 3.8) is 0 Å². The number of ether oxygens (including phenoxy) is 1. The molecule has 3 heterocycles. The van der Waals surface area contributed by atoms with E-state index in [1.807, 2.05) is 30.5 Å². The van der Waals surface area contributed by atoms with E-state index >= 15 is 0 Å². The Bertz CT molecular complexity index is 707. The summed E-state index contributed by atoms with van der Waals surface area (Å²) < 4.78 is 5.92. The molecule has 25 heavy (non-hydrogen) atoms. The summed E-state index contributed by atoms with van der Waals surface area (Å²) in [6.45, 7) is 2.97. The third kappa shape index (κ3) is 3.62. The first-order valence-corrected chi connectivity index (χ1v) is 9.47. The second-order valence-electron chi connectivity index (χ2n) is 7.55. The highest BCUT2D eigenvalue weighted by atomic mass is 16.5. The van der Waals surface area contributed by atoms with Crippen LogP contribution in [0.4, 0.5) is 5.82 Å². The summed E-state index contributed by atoms with van der Waals surface area (Å²) in [5.41, 5.74) is 1.87. The highest BCUT2D eigenvalue weighted by Gasteiger charge is 2.37. The van der Waals surface area contributed by atoms with Gasteiger partial charge in [-0.2, -0.15) is 0 Å². The Morgan fingerprint density at radius 3 is 2.68 bits per heavy atom. The van der Waals surface area contributed by atoms with Crippen molar-refractivity contribution in [2.24, 2.45) is 5.41 Å². The van der Waals surface area contributed by atoms with E-state index in [9.17, 15) is 5.11 Å². The smallest absolute Gasteiger partial charge is 0.147 e. The van der Waals surface area contributed by atoms with Crippen LogP contribution < -0.4 is 4.90 Å². The van der Waals surface area contributed by atoms with Crippen LogP contribution in [0.2, 0.25) is 0 Å². The van der Waals surface area contributed by atoms with Crippen molar-refractivity contribution in [2.75, 3.05) is 31.2 Å². The number of aliphatic hydroxyl groups excluding tert-OH is 1. The van der Waals surface area contributed by atoms with Crippen molar-refractivity contribution < 1.29 is 9.84 Å². The minimum absolute atomic E-state index is 0.00276. The average molecular weight is 341 g/mol. The van der Waals surface area contributed by atoms with Gasteiger partial charge in [-0.15, -0.1) is 0 Å². The maximum absolute atomic E-state index is 10.1. The van der Waals surface area contributed by atoms with Crippen LogP contribution in [0.3, 0.4) is 0 Å². The van der Waals surface area contributed by atoms with Crippen LogP contribution in [-0.4, -0.2) is 47.5 Å². The number of hydrogen-bond donors (Lipinski definition) is 1. The van der Waals surface area contributed by atoms with Crippen LogP contribution in [0.15, 0.2) is 30.5 Å². The van der Waals surface area contributed by atoms with Gasteiger partial charge in [0, 0.05) is 26.3 Å². The lowest BCUT2D eigenvalue weighted by Gasteiger charge is -2.43. The molecule has 0 radical (unpaired) electrons. The molecule has 2 aliphatic rings. The summed E-state index contributed by atoms with van der Waals surface area (Å²) in [7, 11) is 0. The monoisotopic (exact) mass is 341 g/mol. The number of hydrogen-bond acceptors (Lipinski definition) is 5. The van der Waals surface area contributed by atoms with E-state index in [2.05, 4.69) is 9.88 Å². The molecule has 0 saturated carbocycles. The number of para-hydroxylation sites is 2. The molecule has 134 valence electrons. The van der Waals surface area contributed by atoms with Crippen molar-refractivity contribution in [3.8, 4) is 0 Å². The van der Waals surface area contributed by atoms with Crippen LogP contribution >= 0.6 is 0 Å². The van der Waals surface area contributed by atoms with Crippen molar-refractivity contribution in [1.82, 2.24) is 9.97 Å². The predicted octanol–water partition coefficient (Wildman–Crippen LogP) is 3.17. The fourth-order valence-electron chi connectivity index (χ4n) is 4.19. The standard InChI is InChI=1S/C20H27N3O2/c24-15-20(13-16-5-3-4-12-25-16)8-10-23(11-9-20)19-14-21-17-6-1-2-7-18(17)22-19/h1-2,6-7,14,16,24H,3-5,8-13,15H2/t16-/m1/s1. The molecule has 4 rings (SSSR count). The van der Waals surface area contributed by atoms with E-state index in [0.717, 1.165) is 62.2 Å². The second kappa shape index (κ2) is 7.26. The normalized spacial score (nSPS) is 23.7. The molecule has 2 fully saturated rings. The van der Waals surface area contributed by atoms with Gasteiger partial charge < -0.3 is 14.7 Å². The summed E-state index contributed by atoms with van der Waals surface area (Å²) in [6, 6.07) is 7.98. The highest BCUT2D eigenvalue weighted by molar-refractivity contribution is 5.75. The minimum Gasteiger partial charge on any atom is -0.396 e. The first kappa shape index (κ1) is 16.7. The fourth-order valence-corrected chi connectivity index (χ4v) is 4.19. The van der Waals surface area contributed by atoms with Gasteiger partial charge in [0.25, 0.3) is 0 Å². The number of rotatable bonds is 4. The Hall–Kier alpha value is -1.72. The van der Waals surface area contributed by atoms with E-state index in [-0.39, 0.29) is 12.0 Å². The fraction of sp³-hybridized carbons (Fsp3) is 0.600. The molecule has 0 aliphatic carbocycles. The SMILES string of the molecule is OCC1(C[C@H]2CCCCO2)CCN(c2cnc3ccccc3n2)CC1. The number of aliphatic hydroxyl groups is 1. The maximum atomic E-state index is 10.1. The molecule has 0 unspecified atom stereocenters. The van der Waals surface area contributed by atoms with Gasteiger partial charge in [-0.25, -0.2) is 4.98 Å². The number of benzene rings is 1. The van der Waals surface area contributed by atoms with Gasteiger partial charge in [-0.1, -0.05) is 12.1 Å². The second-order valence-corrected chi connectivity index (χ2v) is 7.55. The molecule has 5 heteroatoms. The van der Waals surface area contributed by atoms with Crippen molar-refractivity contribution in [2.45, 2.75) is 44.6 Å². The topological polar surface area (TPSA) is 58.5 Å². The zero-order valence-electron chi connectivity index (χ0n) is 14.7. The van der Waals surface area contributed by atoms with E-state index in [1.54, 1.807) is 0 Å². The first-order valence-electron chi connectivity index (χ1n) is 9.47. The molecule has 1 atom stereocenters. The molecule has 0 bridgehead atoms. The van der Waals surface area contributed by atoms with Gasteiger partial charge in [0.15, 0.2) is 0 Å². The lowest BCUT2D eigenvalue weighted by atomic mass is 9.74. The van der Waals surface area contributed by atoms with E-state index in [0.29, 0.717) is 6.10 Å². The Labute approximate surface area is 149 Å². The van der Waals surface area contributed by atoms with Gasteiger partial charge in [0.2, 0.25) is 0 Å². The van der Waals surface area contributed by atoms with Gasteiger partial charge in [-0.3, -0.25) is 4.98 Å². The van der Waals surface area contributed by atoms with E-state index in [4.69, 9.17) is 9.72 Å². The zero-order valence-corrected chi connectivity index (χ0v) is 14.7. The quantitative estimate of drug-likeness (QED) is 0.926. The maximum Gasteiger partial charge on any atom is 0.147 e. The van der Waals surface area contributed by atoms with Gasteiger partial charge >= 0.3 is 0 Å². The number of piperidine rings is 1. The summed E-state index contributed by atoms with van der Waals surface area (Å²) in [5, 5.41) is 10.1. The molecular weight excluding hydrogens is 314 g/mol. The third-order valence-corrected chi connectivity index (χ3v) is 5.85. The molecular formula is C20H27N3O2. The first-order chi connectivity index (χ1) is 12.3. The van der Waals surface area contributed by atoms with E-state index < -0.39 is 0 Å². The summed E-state index contributed by atoms with van der Waals surface area (Å²) in [6.07, 6.45) is 8.73. The Morgan fingerprint density at radius 1 is 1.16 bits per heavy atom. The predicted molar refractivity (Wildman–Crippen MR) is 98.7 cm³/mol. The summed E-state index contributed by atoms with van der Waals surface area (Å²) >= 11 is 0. The van der Waals surface area contributed by atoms with Crippen LogP contribution in [-0.2, 0) is 4.74 Å². The number of aromatic nitrogens is 2. The average Bonchev–Trinajstić information content (AvgIpc) is 2.69. The Morgan fingerprint density at radius 2 is 1.96 bits per heavy atom. The van der Waals surface area contributed by atoms with Crippen molar-refractivity contribution >= 4 is 16.9 Å². The number of fused-ring (bicyclic) bond motifs is 1. The van der Waals surface area contributed by atoms with E-state index in [1.165, 1.54) is 12.8 Å². The van der Waals surface area contributed by atoms with Gasteiger partial charge in [0.1, 0.15) is 5.82 Å². The van der Waals surface area contributed by atoms with Crippen LogP contribution in [0, 0.1) is 5.41 Å². The molecule has 2 aliphatic heterocycles. The Kier molecular flexibility index (Phi) is 4.86. The van der Waals surface area contributed by atoms with Crippen molar-refractivity contribution in [1.29, 1.82) is 0 Å². The van der Waals surface area contributed by atoms with Gasteiger partial charge in [-0.05, 0) is 56.1 Å². The minimum atomic E-state index is 0.00276. The molecule has 2 aromatic rings. The number of anilines is 1. The van der Waals surface area contributed by atoms with Crippen LogP contribution in [0.5, 0.6) is 0 Å². The summed E-state index contributed by atoms with van der Waals surface area (Å²) in [5.74, 6) is 0.944. The molecule has 0 amide bonds. The lowest BCUT2D eigenvalue weighted by molar-refractivity contribution is -0.0355. The molecule has 1 aromatic carbocycles. The molecule has 1 aromatic heterocycles. The largest absolute Gasteiger partial charge is 0.396 e. The molecule has 5 nitrogen and oxygen atoms in total. The third-order valence-electron chi connectivity index (χ3n) is 5.85. The van der Waals surface area contributed by atoms with Crippen LogP contribution in [0.1, 0.15) is 38.5 Å². The molecule has 0 spiro atoms. The van der Waals surface area contributed by atoms with Crippen LogP contribution in [0.25, 0.3) is 11.0 Å². The molecule has 2 saturated heterocycles. The Balaban J connectivity index is 1.43. The zero-order chi connectivity index (χ0) is 17.1. The number of nitrogens with zero attached hydrogens (tertiary/aromatic N) is 3.